The average Bonchev–Trinajstić information content (AvgIpc) is 2.47. The van der Waals surface area contributed by atoms with Gasteiger partial charge >= 0.3 is 5.97 Å². The molecule has 1 heterocycles. The van der Waals surface area contributed by atoms with Crippen molar-refractivity contribution in [2.45, 2.75) is 25.7 Å². The minimum Gasteiger partial charge on any atom is -0.423 e. The molecule has 1 aliphatic carbocycles. The number of benzene rings is 1. The van der Waals surface area contributed by atoms with E-state index in [1.165, 1.54) is 36.2 Å². The second-order valence-electron chi connectivity index (χ2n) is 4.89. The van der Waals surface area contributed by atoms with E-state index in [2.05, 4.69) is 11.1 Å². The Balaban J connectivity index is 1.79. The molecule has 0 unspecified atom stereocenters. The molecule has 0 amide bonds. The number of hydrogen-bond acceptors (Lipinski definition) is 3. The van der Waals surface area contributed by atoms with Crippen molar-refractivity contribution in [2.24, 2.45) is 0 Å². The van der Waals surface area contributed by atoms with E-state index in [1.54, 1.807) is 6.07 Å². The Morgan fingerprint density at radius 3 is 2.70 bits per heavy atom. The Kier molecular flexibility index (Phi) is 3.70. The van der Waals surface area contributed by atoms with E-state index in [4.69, 9.17) is 16.3 Å². The lowest BCUT2D eigenvalue weighted by Crippen LogP contribution is -2.10. The fourth-order valence-corrected chi connectivity index (χ4v) is 2.64. The maximum atomic E-state index is 12.0. The van der Waals surface area contributed by atoms with E-state index in [9.17, 15) is 4.79 Å². The molecule has 102 valence electrons. The van der Waals surface area contributed by atoms with Crippen LogP contribution in [0.25, 0.3) is 0 Å². The second-order valence-corrected chi connectivity index (χ2v) is 5.28. The van der Waals surface area contributed by atoms with Gasteiger partial charge in [-0.3, -0.25) is 0 Å². The lowest BCUT2D eigenvalue weighted by molar-refractivity contribution is 0.0734. The highest BCUT2D eigenvalue weighted by atomic mass is 35.5. The van der Waals surface area contributed by atoms with Gasteiger partial charge in [-0.2, -0.15) is 0 Å². The largest absolute Gasteiger partial charge is 0.423 e. The molecule has 0 bridgehead atoms. The Hall–Kier alpha value is -1.87. The van der Waals surface area contributed by atoms with Gasteiger partial charge in [0.25, 0.3) is 0 Å². The number of pyridine rings is 1. The van der Waals surface area contributed by atoms with Gasteiger partial charge in [0.15, 0.2) is 0 Å². The third-order valence-corrected chi connectivity index (χ3v) is 3.70. The Bertz CT molecular complexity index is 655. The van der Waals surface area contributed by atoms with E-state index in [0.717, 1.165) is 12.8 Å². The van der Waals surface area contributed by atoms with E-state index in [1.807, 2.05) is 12.1 Å². The molecule has 2 aromatic rings. The molecule has 0 aliphatic heterocycles. The first kappa shape index (κ1) is 13.1. The van der Waals surface area contributed by atoms with Crippen LogP contribution in [0.5, 0.6) is 5.75 Å². The van der Waals surface area contributed by atoms with E-state index in [0.29, 0.717) is 11.3 Å². The molecule has 0 spiro atoms. The summed E-state index contributed by atoms with van der Waals surface area (Å²) in [7, 11) is 0. The fraction of sp³-hybridized carbons (Fsp3) is 0.250. The number of fused-ring (bicyclic) bond motifs is 1. The third kappa shape index (κ3) is 2.83. The number of esters is 1. The molecule has 3 nitrogen and oxygen atoms in total. The van der Waals surface area contributed by atoms with Gasteiger partial charge < -0.3 is 4.74 Å². The molecule has 0 atom stereocenters. The number of nitrogens with zero attached hydrogens (tertiary/aromatic N) is 1. The van der Waals surface area contributed by atoms with Gasteiger partial charge in [0.2, 0.25) is 0 Å². The zero-order valence-corrected chi connectivity index (χ0v) is 11.7. The average molecular weight is 288 g/mol. The van der Waals surface area contributed by atoms with Crippen LogP contribution < -0.4 is 4.74 Å². The van der Waals surface area contributed by atoms with Crippen LogP contribution in [0.2, 0.25) is 5.15 Å². The monoisotopic (exact) mass is 287 g/mol. The van der Waals surface area contributed by atoms with Crippen molar-refractivity contribution < 1.29 is 9.53 Å². The summed E-state index contributed by atoms with van der Waals surface area (Å²) in [6.45, 7) is 0. The molecule has 3 rings (SSSR count). The normalized spacial score (nSPS) is 13.7. The van der Waals surface area contributed by atoms with Gasteiger partial charge in [0, 0.05) is 6.20 Å². The summed E-state index contributed by atoms with van der Waals surface area (Å²) in [5.74, 6) is 0.175. The number of rotatable bonds is 2. The number of halogens is 1. The summed E-state index contributed by atoms with van der Waals surface area (Å²) in [6, 6.07) is 8.96. The number of aryl methyl sites for hydroxylation is 2. The first-order valence-corrected chi connectivity index (χ1v) is 7.06. The fourth-order valence-electron chi connectivity index (χ4n) is 2.47. The highest BCUT2D eigenvalue weighted by molar-refractivity contribution is 6.29. The molecule has 1 aromatic heterocycles. The predicted octanol–water partition coefficient (Wildman–Crippen LogP) is 3.83. The Labute approximate surface area is 122 Å². The summed E-state index contributed by atoms with van der Waals surface area (Å²) >= 11 is 5.77. The molecular formula is C16H14ClNO2. The van der Waals surface area contributed by atoms with E-state index < -0.39 is 5.97 Å². The SMILES string of the molecule is O=C(Oc1ccc2c(c1)CCCC2)c1ccnc(Cl)c1. The van der Waals surface area contributed by atoms with Crippen LogP contribution in [0.1, 0.15) is 34.3 Å². The van der Waals surface area contributed by atoms with Crippen LogP contribution >= 0.6 is 11.6 Å². The molecule has 0 N–H and O–H groups in total. The maximum absolute atomic E-state index is 12.0. The minimum absolute atomic E-state index is 0.282. The summed E-state index contributed by atoms with van der Waals surface area (Å²) in [5.41, 5.74) is 3.06. The van der Waals surface area contributed by atoms with Gasteiger partial charge in [-0.05, 0) is 61.1 Å². The lowest BCUT2D eigenvalue weighted by atomic mass is 9.92. The summed E-state index contributed by atoms with van der Waals surface area (Å²) < 4.78 is 5.40. The van der Waals surface area contributed by atoms with Crippen molar-refractivity contribution in [2.75, 3.05) is 0 Å². The summed E-state index contributed by atoms with van der Waals surface area (Å²) in [5, 5.41) is 0.282. The van der Waals surface area contributed by atoms with E-state index >= 15 is 0 Å². The van der Waals surface area contributed by atoms with Gasteiger partial charge in [-0.15, -0.1) is 0 Å². The molecule has 0 saturated heterocycles. The summed E-state index contributed by atoms with van der Waals surface area (Å²) in [6.07, 6.45) is 6.10. The predicted molar refractivity (Wildman–Crippen MR) is 77.3 cm³/mol. The molecule has 0 saturated carbocycles. The molecule has 20 heavy (non-hydrogen) atoms. The topological polar surface area (TPSA) is 39.2 Å². The minimum atomic E-state index is -0.412. The van der Waals surface area contributed by atoms with Crippen LogP contribution in [-0.2, 0) is 12.8 Å². The smallest absolute Gasteiger partial charge is 0.343 e. The van der Waals surface area contributed by atoms with Crippen molar-refractivity contribution in [3.8, 4) is 5.75 Å². The van der Waals surface area contributed by atoms with Crippen molar-refractivity contribution in [3.05, 3.63) is 58.4 Å². The van der Waals surface area contributed by atoms with Crippen molar-refractivity contribution >= 4 is 17.6 Å². The van der Waals surface area contributed by atoms with Crippen LogP contribution in [0.4, 0.5) is 0 Å². The number of ether oxygens (including phenoxy) is 1. The Morgan fingerprint density at radius 1 is 1.10 bits per heavy atom. The summed E-state index contributed by atoms with van der Waals surface area (Å²) in [4.78, 5) is 15.9. The van der Waals surface area contributed by atoms with Crippen LogP contribution in [0.3, 0.4) is 0 Å². The third-order valence-electron chi connectivity index (χ3n) is 3.49. The highest BCUT2D eigenvalue weighted by Crippen LogP contribution is 2.25. The van der Waals surface area contributed by atoms with Crippen LogP contribution in [-0.4, -0.2) is 11.0 Å². The standard InChI is InChI=1S/C16H14ClNO2/c17-15-10-13(7-8-18-15)16(19)20-14-6-5-11-3-1-2-4-12(11)9-14/h5-10H,1-4H2. The molecule has 1 aliphatic rings. The van der Waals surface area contributed by atoms with Gasteiger partial charge in [0.1, 0.15) is 10.9 Å². The zero-order chi connectivity index (χ0) is 13.9. The van der Waals surface area contributed by atoms with Crippen molar-refractivity contribution in [3.63, 3.8) is 0 Å². The van der Waals surface area contributed by atoms with Gasteiger partial charge in [-0.25, -0.2) is 9.78 Å². The van der Waals surface area contributed by atoms with Crippen LogP contribution in [0, 0.1) is 0 Å². The quantitative estimate of drug-likeness (QED) is 0.479. The maximum Gasteiger partial charge on any atom is 0.343 e. The molecule has 0 radical (unpaired) electrons. The number of carbonyl (C=O) groups excluding carboxylic acids is 1. The van der Waals surface area contributed by atoms with Crippen molar-refractivity contribution in [1.29, 1.82) is 0 Å². The molecular weight excluding hydrogens is 274 g/mol. The first-order chi connectivity index (χ1) is 9.72. The van der Waals surface area contributed by atoms with Crippen molar-refractivity contribution in [1.82, 2.24) is 4.98 Å². The zero-order valence-electron chi connectivity index (χ0n) is 10.9. The Morgan fingerprint density at radius 2 is 1.90 bits per heavy atom. The van der Waals surface area contributed by atoms with E-state index in [-0.39, 0.29) is 5.15 Å². The van der Waals surface area contributed by atoms with Crippen LogP contribution in [0.15, 0.2) is 36.5 Å². The second kappa shape index (κ2) is 5.63. The molecule has 1 aromatic carbocycles. The van der Waals surface area contributed by atoms with Gasteiger partial charge in [0.05, 0.1) is 5.56 Å². The number of carbonyl (C=O) groups is 1. The first-order valence-electron chi connectivity index (χ1n) is 6.68. The molecule has 0 fully saturated rings. The molecule has 4 heteroatoms. The number of aromatic nitrogens is 1. The van der Waals surface area contributed by atoms with Gasteiger partial charge in [-0.1, -0.05) is 17.7 Å². The number of hydrogen-bond donors (Lipinski definition) is 0. The highest BCUT2D eigenvalue weighted by Gasteiger charge is 2.13. The lowest BCUT2D eigenvalue weighted by Gasteiger charge is -2.16.